The third kappa shape index (κ3) is 2.72. The lowest BCUT2D eigenvalue weighted by Crippen LogP contribution is -2.13. The predicted octanol–water partition coefficient (Wildman–Crippen LogP) is 3.99. The Morgan fingerprint density at radius 3 is 2.67 bits per heavy atom. The molecule has 0 spiro atoms. The fraction of sp³-hybridized carbons (Fsp3) is 0.263. The number of allylic oxidation sites excluding steroid dienone is 2. The molecule has 0 heterocycles. The van der Waals surface area contributed by atoms with Crippen LogP contribution in [0.3, 0.4) is 0 Å². The Morgan fingerprint density at radius 1 is 1.10 bits per heavy atom. The fourth-order valence-corrected chi connectivity index (χ4v) is 2.98. The van der Waals surface area contributed by atoms with Crippen LogP contribution in [0.25, 0.3) is 10.8 Å². The molecule has 2 aromatic carbocycles. The second-order valence-corrected chi connectivity index (χ2v) is 5.77. The molecule has 1 aliphatic carbocycles. The van der Waals surface area contributed by atoms with E-state index >= 15 is 0 Å². The van der Waals surface area contributed by atoms with Crippen LogP contribution in [0.2, 0.25) is 0 Å². The van der Waals surface area contributed by atoms with Gasteiger partial charge in [-0.15, -0.1) is 0 Å². The molecule has 2 heteroatoms. The van der Waals surface area contributed by atoms with Gasteiger partial charge in [0.05, 0.1) is 7.11 Å². The van der Waals surface area contributed by atoms with Gasteiger partial charge in [-0.3, -0.25) is 0 Å². The van der Waals surface area contributed by atoms with E-state index < -0.39 is 0 Å². The average Bonchev–Trinajstić information content (AvgIpc) is 2.93. The van der Waals surface area contributed by atoms with Gasteiger partial charge < -0.3 is 9.64 Å². The maximum atomic E-state index is 5.71. The summed E-state index contributed by atoms with van der Waals surface area (Å²) >= 11 is 0. The molecule has 21 heavy (non-hydrogen) atoms. The van der Waals surface area contributed by atoms with Gasteiger partial charge in [-0.05, 0) is 25.1 Å². The zero-order valence-corrected chi connectivity index (χ0v) is 12.8. The predicted molar refractivity (Wildman–Crippen MR) is 89.0 cm³/mol. The largest absolute Gasteiger partial charge is 0.496 e. The Morgan fingerprint density at radius 2 is 1.90 bits per heavy atom. The van der Waals surface area contributed by atoms with E-state index in [1.165, 1.54) is 21.9 Å². The smallest absolute Gasteiger partial charge is 0.130 e. The summed E-state index contributed by atoms with van der Waals surface area (Å²) in [6, 6.07) is 12.7. The van der Waals surface area contributed by atoms with Crippen LogP contribution in [0.5, 0.6) is 5.75 Å². The lowest BCUT2D eigenvalue weighted by Gasteiger charge is -2.15. The summed E-state index contributed by atoms with van der Waals surface area (Å²) in [7, 11) is 5.95. The number of rotatable bonds is 4. The van der Waals surface area contributed by atoms with Gasteiger partial charge in [0.15, 0.2) is 0 Å². The van der Waals surface area contributed by atoms with Gasteiger partial charge in [0.25, 0.3) is 0 Å². The van der Waals surface area contributed by atoms with Crippen molar-refractivity contribution in [3.63, 3.8) is 0 Å². The van der Waals surface area contributed by atoms with E-state index in [1.807, 2.05) is 0 Å². The molecule has 3 rings (SSSR count). The minimum absolute atomic E-state index is 0.305. The van der Waals surface area contributed by atoms with Crippen LogP contribution in [0.4, 0.5) is 0 Å². The minimum Gasteiger partial charge on any atom is -0.496 e. The summed E-state index contributed by atoms with van der Waals surface area (Å²) in [6.07, 6.45) is 6.80. The molecule has 1 aliphatic rings. The van der Waals surface area contributed by atoms with Crippen LogP contribution in [0.1, 0.15) is 11.5 Å². The molecule has 0 amide bonds. The molecule has 0 saturated heterocycles. The Labute approximate surface area is 126 Å². The van der Waals surface area contributed by atoms with Crippen LogP contribution in [0.15, 0.2) is 60.2 Å². The quantitative estimate of drug-likeness (QED) is 0.839. The highest BCUT2D eigenvalue weighted by Gasteiger charge is 2.18. The first-order valence-electron chi connectivity index (χ1n) is 7.28. The summed E-state index contributed by atoms with van der Waals surface area (Å²) in [4.78, 5) is 2.19. The number of fused-ring (bicyclic) bond motifs is 1. The molecule has 2 aromatic rings. The van der Waals surface area contributed by atoms with Crippen LogP contribution >= 0.6 is 0 Å². The van der Waals surface area contributed by atoms with Crippen molar-refractivity contribution in [2.75, 3.05) is 27.7 Å². The van der Waals surface area contributed by atoms with E-state index in [0.717, 1.165) is 12.3 Å². The number of methoxy groups -OCH3 is 1. The molecule has 0 N–H and O–H groups in total. The van der Waals surface area contributed by atoms with Crippen molar-refractivity contribution in [3.8, 4) is 5.75 Å². The third-order valence-corrected chi connectivity index (χ3v) is 3.88. The molecule has 0 bridgehead atoms. The van der Waals surface area contributed by atoms with Crippen LogP contribution in [0, 0.1) is 0 Å². The highest BCUT2D eigenvalue weighted by atomic mass is 16.5. The summed E-state index contributed by atoms with van der Waals surface area (Å²) in [6.45, 7) is 0.975. The second kappa shape index (κ2) is 5.74. The first-order chi connectivity index (χ1) is 10.2. The van der Waals surface area contributed by atoms with Crippen molar-refractivity contribution in [2.24, 2.45) is 0 Å². The van der Waals surface area contributed by atoms with Crippen molar-refractivity contribution >= 4 is 10.8 Å². The molecule has 1 unspecified atom stereocenters. The van der Waals surface area contributed by atoms with Crippen molar-refractivity contribution in [1.29, 1.82) is 0 Å². The molecule has 0 aliphatic heterocycles. The monoisotopic (exact) mass is 279 g/mol. The summed E-state index contributed by atoms with van der Waals surface area (Å²) in [5.41, 5.74) is 2.60. The third-order valence-electron chi connectivity index (χ3n) is 3.88. The second-order valence-electron chi connectivity index (χ2n) is 5.77. The van der Waals surface area contributed by atoms with Crippen LogP contribution in [-0.2, 0) is 0 Å². The summed E-state index contributed by atoms with van der Waals surface area (Å²) in [5, 5.41) is 2.40. The highest BCUT2D eigenvalue weighted by Crippen LogP contribution is 2.37. The van der Waals surface area contributed by atoms with Crippen molar-refractivity contribution in [1.82, 2.24) is 4.90 Å². The molecule has 0 saturated carbocycles. The fourth-order valence-electron chi connectivity index (χ4n) is 2.98. The number of likely N-dealkylation sites (N-methyl/N-ethyl adjacent to an activating group) is 1. The molecule has 0 radical (unpaired) electrons. The van der Waals surface area contributed by atoms with Crippen molar-refractivity contribution in [3.05, 3.63) is 65.8 Å². The van der Waals surface area contributed by atoms with Gasteiger partial charge in [0, 0.05) is 23.4 Å². The summed E-state index contributed by atoms with van der Waals surface area (Å²) in [5.74, 6) is 1.30. The lowest BCUT2D eigenvalue weighted by molar-refractivity contribution is 0.414. The minimum atomic E-state index is 0.305. The maximum Gasteiger partial charge on any atom is 0.130 e. The molecule has 108 valence electrons. The van der Waals surface area contributed by atoms with E-state index in [1.54, 1.807) is 7.11 Å². The zero-order chi connectivity index (χ0) is 14.8. The molecule has 2 nitrogen and oxygen atoms in total. The number of hydrogen-bond donors (Lipinski definition) is 0. The maximum absolute atomic E-state index is 5.71. The van der Waals surface area contributed by atoms with E-state index in [2.05, 4.69) is 73.6 Å². The van der Waals surface area contributed by atoms with Gasteiger partial charge in [0.1, 0.15) is 5.75 Å². The number of nitrogens with zero attached hydrogens (tertiary/aromatic N) is 1. The standard InChI is InChI=1S/C19H21NO/c1-20(2)13-14-8-9-16(12-14)18-11-10-15-6-4-5-7-17(15)19(18)21-3/h4-12,16H,13H2,1-3H3. The van der Waals surface area contributed by atoms with Gasteiger partial charge in [-0.1, -0.05) is 54.6 Å². The summed E-state index contributed by atoms with van der Waals surface area (Å²) < 4.78 is 5.71. The van der Waals surface area contributed by atoms with E-state index in [0.29, 0.717) is 5.92 Å². The van der Waals surface area contributed by atoms with Gasteiger partial charge >= 0.3 is 0 Å². The van der Waals surface area contributed by atoms with Crippen molar-refractivity contribution < 1.29 is 4.74 Å². The molecule has 0 fully saturated rings. The number of ether oxygens (including phenoxy) is 1. The first-order valence-corrected chi connectivity index (χ1v) is 7.28. The first kappa shape index (κ1) is 13.9. The van der Waals surface area contributed by atoms with Gasteiger partial charge in [-0.2, -0.15) is 0 Å². The Bertz CT molecular complexity index is 713. The van der Waals surface area contributed by atoms with Gasteiger partial charge in [-0.25, -0.2) is 0 Å². The Hall–Kier alpha value is -2.06. The van der Waals surface area contributed by atoms with Crippen molar-refractivity contribution in [2.45, 2.75) is 5.92 Å². The van der Waals surface area contributed by atoms with E-state index in [9.17, 15) is 0 Å². The Kier molecular flexibility index (Phi) is 3.80. The molecular formula is C19H21NO. The molecular weight excluding hydrogens is 258 g/mol. The highest BCUT2D eigenvalue weighted by molar-refractivity contribution is 5.90. The topological polar surface area (TPSA) is 12.5 Å². The number of hydrogen-bond acceptors (Lipinski definition) is 2. The molecule has 0 aromatic heterocycles. The normalized spacial score (nSPS) is 17.5. The van der Waals surface area contributed by atoms with Crippen LogP contribution < -0.4 is 4.74 Å². The van der Waals surface area contributed by atoms with Gasteiger partial charge in [0.2, 0.25) is 0 Å². The van der Waals surface area contributed by atoms with E-state index in [4.69, 9.17) is 4.74 Å². The Balaban J connectivity index is 2.02. The molecule has 1 atom stereocenters. The zero-order valence-electron chi connectivity index (χ0n) is 12.8. The van der Waals surface area contributed by atoms with E-state index in [-0.39, 0.29) is 0 Å². The average molecular weight is 279 g/mol. The number of benzene rings is 2. The van der Waals surface area contributed by atoms with Crippen LogP contribution in [-0.4, -0.2) is 32.6 Å². The SMILES string of the molecule is COc1c(C2C=CC(CN(C)C)=C2)ccc2ccccc12. The lowest BCUT2D eigenvalue weighted by atomic mass is 9.95.